The Hall–Kier alpha value is -1.30. The van der Waals surface area contributed by atoms with Gasteiger partial charge in [0.25, 0.3) is 0 Å². The number of ether oxygens (including phenoxy) is 2. The lowest BCUT2D eigenvalue weighted by Gasteiger charge is -2.26. The fourth-order valence-corrected chi connectivity index (χ4v) is 1.36. The molecule has 1 amide bonds. The minimum atomic E-state index is -1.70. The minimum Gasteiger partial charge on any atom is -0.458 e. The Balaban J connectivity index is 5.07. The monoisotopic (exact) mass is 304 g/mol. The number of nitrogens with one attached hydrogen (secondary N) is 1. The standard InChI is InChI=1S/C15H30N2O4/c1-14(2,3)20-12(18)11(9-7-8-10-16)17-13(19)21-15(4,5)6/h11H,7-10,16H2,1-6H3,(H,17,19)/i7D2. The van der Waals surface area contributed by atoms with Crippen LogP contribution in [-0.4, -0.2) is 35.9 Å². The fraction of sp³-hybridized carbons (Fsp3) is 0.867. The van der Waals surface area contributed by atoms with Gasteiger partial charge in [-0.15, -0.1) is 0 Å². The number of carbonyl (C=O) groups is 2. The van der Waals surface area contributed by atoms with Crippen molar-refractivity contribution < 1.29 is 21.8 Å². The molecule has 0 aliphatic rings. The molecule has 1 unspecified atom stereocenters. The zero-order chi connectivity index (χ0) is 18.5. The van der Waals surface area contributed by atoms with Crippen LogP contribution < -0.4 is 11.1 Å². The average molecular weight is 304 g/mol. The quantitative estimate of drug-likeness (QED) is 0.735. The van der Waals surface area contributed by atoms with Crippen LogP contribution in [0.3, 0.4) is 0 Å². The molecule has 0 rings (SSSR count). The van der Waals surface area contributed by atoms with Gasteiger partial charge in [0, 0.05) is 2.74 Å². The molecule has 0 spiro atoms. The van der Waals surface area contributed by atoms with Crippen LogP contribution in [-0.2, 0) is 14.3 Å². The molecule has 6 nitrogen and oxygen atoms in total. The molecule has 0 radical (unpaired) electrons. The van der Waals surface area contributed by atoms with Gasteiger partial charge >= 0.3 is 12.1 Å². The van der Waals surface area contributed by atoms with Crippen LogP contribution in [0.5, 0.6) is 0 Å². The lowest BCUT2D eigenvalue weighted by Crippen LogP contribution is -2.46. The molecule has 0 saturated heterocycles. The summed E-state index contributed by atoms with van der Waals surface area (Å²) in [5.41, 5.74) is 3.92. The summed E-state index contributed by atoms with van der Waals surface area (Å²) < 4.78 is 26.1. The Morgan fingerprint density at radius 1 is 1.14 bits per heavy atom. The number of nitrogens with two attached hydrogens (primary N) is 1. The molecule has 21 heavy (non-hydrogen) atoms. The highest BCUT2D eigenvalue weighted by Crippen LogP contribution is 2.13. The van der Waals surface area contributed by atoms with Gasteiger partial charge in [0.2, 0.25) is 0 Å². The summed E-state index contributed by atoms with van der Waals surface area (Å²) in [6.45, 7) is 10.3. The first-order chi connectivity index (χ1) is 10.2. The van der Waals surface area contributed by atoms with Crippen LogP contribution in [0.25, 0.3) is 0 Å². The van der Waals surface area contributed by atoms with E-state index in [1.165, 1.54) is 0 Å². The van der Waals surface area contributed by atoms with Gasteiger partial charge in [-0.3, -0.25) is 0 Å². The maximum absolute atomic E-state index is 12.3. The number of hydrogen-bond acceptors (Lipinski definition) is 5. The second kappa shape index (κ2) is 8.22. The van der Waals surface area contributed by atoms with Crippen molar-refractivity contribution in [3.63, 3.8) is 0 Å². The third kappa shape index (κ3) is 11.1. The van der Waals surface area contributed by atoms with Gasteiger partial charge in [-0.05, 0) is 67.3 Å². The summed E-state index contributed by atoms with van der Waals surface area (Å²) in [6.07, 6.45) is -2.66. The SMILES string of the molecule is [2H]C([2H])(CCN)CC(NC(=O)OC(C)(C)C)C(=O)OC(C)(C)C. The van der Waals surface area contributed by atoms with Crippen molar-refractivity contribution in [1.29, 1.82) is 0 Å². The predicted molar refractivity (Wildman–Crippen MR) is 81.9 cm³/mol. The van der Waals surface area contributed by atoms with E-state index in [1.54, 1.807) is 41.5 Å². The average Bonchev–Trinajstić information content (AvgIpc) is 2.22. The largest absolute Gasteiger partial charge is 0.458 e. The summed E-state index contributed by atoms with van der Waals surface area (Å²) in [4.78, 5) is 24.1. The zero-order valence-electron chi connectivity index (χ0n) is 15.9. The third-order valence-corrected chi connectivity index (χ3v) is 2.05. The van der Waals surface area contributed by atoms with Gasteiger partial charge in [0.05, 0.1) is 0 Å². The normalized spacial score (nSPS) is 15.6. The molecule has 1 atom stereocenters. The molecule has 0 aromatic carbocycles. The molecule has 6 heteroatoms. The molecule has 124 valence electrons. The highest BCUT2D eigenvalue weighted by atomic mass is 16.6. The van der Waals surface area contributed by atoms with Crippen LogP contribution in [0, 0.1) is 0 Å². The molecular weight excluding hydrogens is 272 g/mol. The van der Waals surface area contributed by atoms with E-state index >= 15 is 0 Å². The highest BCUT2D eigenvalue weighted by molar-refractivity contribution is 5.81. The van der Waals surface area contributed by atoms with Crippen molar-refractivity contribution in [3.05, 3.63) is 0 Å². The molecular formula is C15H30N2O4. The zero-order valence-corrected chi connectivity index (χ0v) is 13.9. The maximum Gasteiger partial charge on any atom is 0.408 e. The Bertz CT molecular complexity index is 415. The van der Waals surface area contributed by atoms with Gasteiger partial charge in [0.1, 0.15) is 17.2 Å². The van der Waals surface area contributed by atoms with Gasteiger partial charge in [-0.2, -0.15) is 0 Å². The predicted octanol–water partition coefficient (Wildman–Crippen LogP) is 2.35. The Labute approximate surface area is 130 Å². The number of amides is 1. The molecule has 0 saturated carbocycles. The molecule has 0 heterocycles. The number of esters is 1. The molecule has 0 aromatic heterocycles. The van der Waals surface area contributed by atoms with Gasteiger partial charge in [-0.25, -0.2) is 9.59 Å². The summed E-state index contributed by atoms with van der Waals surface area (Å²) in [5.74, 6) is -0.704. The first-order valence-corrected chi connectivity index (χ1v) is 7.08. The van der Waals surface area contributed by atoms with E-state index in [0.29, 0.717) is 0 Å². The second-order valence-electron chi connectivity index (χ2n) is 6.73. The summed E-state index contributed by atoms with van der Waals surface area (Å²) in [5, 5.41) is 2.39. The van der Waals surface area contributed by atoms with E-state index in [1.807, 2.05) is 0 Å². The number of alkyl carbamates (subject to hydrolysis) is 1. The summed E-state index contributed by atoms with van der Waals surface area (Å²) >= 11 is 0. The van der Waals surface area contributed by atoms with E-state index in [2.05, 4.69) is 5.32 Å². The topological polar surface area (TPSA) is 90.6 Å². The summed E-state index contributed by atoms with van der Waals surface area (Å²) in [6, 6.07) is -1.15. The maximum atomic E-state index is 12.3. The van der Waals surface area contributed by atoms with E-state index in [-0.39, 0.29) is 19.4 Å². The second-order valence-corrected chi connectivity index (χ2v) is 6.73. The van der Waals surface area contributed by atoms with Crippen molar-refractivity contribution in [2.75, 3.05) is 6.54 Å². The Morgan fingerprint density at radius 3 is 2.10 bits per heavy atom. The van der Waals surface area contributed by atoms with Crippen molar-refractivity contribution in [2.45, 2.75) is 78.0 Å². The molecule has 0 aliphatic carbocycles. The highest BCUT2D eigenvalue weighted by Gasteiger charge is 2.28. The van der Waals surface area contributed by atoms with Crippen LogP contribution in [0.4, 0.5) is 4.79 Å². The first-order valence-electron chi connectivity index (χ1n) is 8.08. The van der Waals surface area contributed by atoms with Gasteiger partial charge in [-0.1, -0.05) is 0 Å². The van der Waals surface area contributed by atoms with Crippen molar-refractivity contribution in [3.8, 4) is 0 Å². The van der Waals surface area contributed by atoms with Gasteiger partial charge < -0.3 is 20.5 Å². The Morgan fingerprint density at radius 2 is 1.67 bits per heavy atom. The van der Waals surface area contributed by atoms with Crippen LogP contribution >= 0.6 is 0 Å². The van der Waals surface area contributed by atoms with Crippen LogP contribution in [0.2, 0.25) is 0 Å². The minimum absolute atomic E-state index is 0.0717. The van der Waals surface area contributed by atoms with Crippen molar-refractivity contribution in [2.24, 2.45) is 5.73 Å². The van der Waals surface area contributed by atoms with Gasteiger partial charge in [0.15, 0.2) is 0 Å². The van der Waals surface area contributed by atoms with E-state index in [9.17, 15) is 9.59 Å². The van der Waals surface area contributed by atoms with E-state index in [4.69, 9.17) is 17.9 Å². The number of rotatable bonds is 6. The lowest BCUT2D eigenvalue weighted by atomic mass is 10.1. The molecule has 0 aliphatic heterocycles. The lowest BCUT2D eigenvalue weighted by molar-refractivity contribution is -0.157. The molecule has 3 N–H and O–H groups in total. The Kier molecular flexibility index (Phi) is 6.29. The number of hydrogen-bond donors (Lipinski definition) is 2. The first kappa shape index (κ1) is 16.1. The van der Waals surface area contributed by atoms with Crippen LogP contribution in [0.15, 0.2) is 0 Å². The van der Waals surface area contributed by atoms with Crippen LogP contribution in [0.1, 0.15) is 63.5 Å². The smallest absolute Gasteiger partial charge is 0.408 e. The van der Waals surface area contributed by atoms with E-state index < -0.39 is 35.7 Å². The molecule has 0 aromatic rings. The third-order valence-electron chi connectivity index (χ3n) is 2.05. The van der Waals surface area contributed by atoms with E-state index in [0.717, 1.165) is 0 Å². The number of carbonyl (C=O) groups excluding carboxylic acids is 2. The molecule has 0 fully saturated rings. The van der Waals surface area contributed by atoms with Crippen molar-refractivity contribution in [1.82, 2.24) is 5.32 Å². The summed E-state index contributed by atoms with van der Waals surface area (Å²) in [7, 11) is 0. The van der Waals surface area contributed by atoms with Crippen molar-refractivity contribution >= 4 is 12.1 Å². The molecule has 0 bridgehead atoms. The fourth-order valence-electron chi connectivity index (χ4n) is 1.36.